The van der Waals surface area contributed by atoms with Gasteiger partial charge in [-0.2, -0.15) is 0 Å². The topological polar surface area (TPSA) is 76.0 Å². The molecule has 0 amide bonds. The molecule has 0 saturated heterocycles. The summed E-state index contributed by atoms with van der Waals surface area (Å²) >= 11 is 0. The average molecular weight is 285 g/mol. The molecule has 0 saturated carbocycles. The van der Waals surface area contributed by atoms with E-state index in [9.17, 15) is 8.42 Å². The van der Waals surface area contributed by atoms with Crippen LogP contribution in [0.25, 0.3) is 0 Å². The number of para-hydroxylation sites is 1. The zero-order valence-corrected chi connectivity index (χ0v) is 12.0. The largest absolute Gasteiger partial charge is 0.492 e. The third-order valence-electron chi connectivity index (χ3n) is 2.59. The Balaban J connectivity index is 2.69. The zero-order chi connectivity index (χ0) is 14.3. The van der Waals surface area contributed by atoms with Crippen LogP contribution in [0.2, 0.25) is 0 Å². The molecule has 0 aliphatic carbocycles. The van der Waals surface area contributed by atoms with Gasteiger partial charge in [0, 0.05) is 5.56 Å². The lowest BCUT2D eigenvalue weighted by Gasteiger charge is -2.10. The molecule has 106 valence electrons. The van der Waals surface area contributed by atoms with Gasteiger partial charge in [-0.3, -0.25) is 0 Å². The molecule has 1 aromatic rings. The molecule has 0 aromatic heterocycles. The van der Waals surface area contributed by atoms with E-state index in [4.69, 9.17) is 9.94 Å². The van der Waals surface area contributed by atoms with Crippen LogP contribution in [0.3, 0.4) is 0 Å². The number of ether oxygens (including phenoxy) is 1. The molecule has 0 aliphatic rings. The Kier molecular flexibility index (Phi) is 5.82. The fourth-order valence-electron chi connectivity index (χ4n) is 1.64. The van der Waals surface area contributed by atoms with Crippen molar-refractivity contribution in [2.24, 2.45) is 5.16 Å². The van der Waals surface area contributed by atoms with E-state index in [1.54, 1.807) is 31.2 Å². The summed E-state index contributed by atoms with van der Waals surface area (Å²) in [4.78, 5) is 0. The van der Waals surface area contributed by atoms with Gasteiger partial charge in [-0.15, -0.1) is 0 Å². The molecule has 0 radical (unpaired) electrons. The second-order valence-electron chi connectivity index (χ2n) is 4.18. The highest BCUT2D eigenvalue weighted by molar-refractivity contribution is 7.91. The van der Waals surface area contributed by atoms with Crippen LogP contribution in [0.1, 0.15) is 25.8 Å². The van der Waals surface area contributed by atoms with Gasteiger partial charge in [-0.1, -0.05) is 24.2 Å². The van der Waals surface area contributed by atoms with Crippen LogP contribution in [-0.4, -0.2) is 37.4 Å². The number of rotatable bonds is 7. The SMILES string of the molecule is CCCS(=O)(=O)CCOc1ccccc1/C(C)=N/O. The highest BCUT2D eigenvalue weighted by Gasteiger charge is 2.11. The molecule has 0 aliphatic heterocycles. The molecular formula is C13H19NO4S. The molecular weight excluding hydrogens is 266 g/mol. The molecule has 1 aromatic carbocycles. The van der Waals surface area contributed by atoms with Crippen LogP contribution in [0.15, 0.2) is 29.4 Å². The van der Waals surface area contributed by atoms with Gasteiger partial charge in [0.1, 0.15) is 12.4 Å². The Bertz CT molecular complexity index is 537. The van der Waals surface area contributed by atoms with Gasteiger partial charge >= 0.3 is 0 Å². The Morgan fingerprint density at radius 2 is 2.00 bits per heavy atom. The summed E-state index contributed by atoms with van der Waals surface area (Å²) in [6.45, 7) is 3.57. The van der Waals surface area contributed by atoms with Gasteiger partial charge in [0.05, 0.1) is 17.2 Å². The number of hydrogen-bond acceptors (Lipinski definition) is 5. The molecule has 0 atom stereocenters. The van der Waals surface area contributed by atoms with Crippen molar-refractivity contribution >= 4 is 15.5 Å². The Morgan fingerprint density at radius 1 is 1.32 bits per heavy atom. The minimum absolute atomic E-state index is 0.00943. The van der Waals surface area contributed by atoms with Crippen molar-refractivity contribution in [3.05, 3.63) is 29.8 Å². The number of nitrogens with zero attached hydrogens (tertiary/aromatic N) is 1. The number of benzene rings is 1. The maximum atomic E-state index is 11.6. The van der Waals surface area contributed by atoms with Crippen molar-refractivity contribution in [3.63, 3.8) is 0 Å². The molecule has 1 rings (SSSR count). The van der Waals surface area contributed by atoms with Crippen molar-refractivity contribution in [1.82, 2.24) is 0 Å². The summed E-state index contributed by atoms with van der Waals surface area (Å²) in [6.07, 6.45) is 0.606. The fourth-order valence-corrected chi connectivity index (χ4v) is 2.80. The monoisotopic (exact) mass is 285 g/mol. The molecule has 0 heterocycles. The number of hydrogen-bond donors (Lipinski definition) is 1. The summed E-state index contributed by atoms with van der Waals surface area (Å²) in [5, 5.41) is 11.9. The summed E-state index contributed by atoms with van der Waals surface area (Å²) in [7, 11) is -3.05. The van der Waals surface area contributed by atoms with Gasteiger partial charge in [-0.05, 0) is 25.5 Å². The summed E-state index contributed by atoms with van der Waals surface area (Å²) in [6, 6.07) is 7.05. The Hall–Kier alpha value is -1.56. The standard InChI is InChI=1S/C13H19NO4S/c1-3-9-19(16,17)10-8-18-13-7-5-4-6-12(13)11(2)14-15/h4-7,15H,3,8-10H2,1-2H3/b14-11+. The third-order valence-corrected chi connectivity index (χ3v) is 4.41. The van der Waals surface area contributed by atoms with Crippen molar-refractivity contribution in [2.75, 3.05) is 18.1 Å². The second-order valence-corrected chi connectivity index (χ2v) is 6.49. The van der Waals surface area contributed by atoms with Crippen LogP contribution in [0.5, 0.6) is 5.75 Å². The first kappa shape index (κ1) is 15.5. The lowest BCUT2D eigenvalue weighted by Crippen LogP contribution is -2.17. The Labute approximate surface area is 113 Å². The zero-order valence-electron chi connectivity index (χ0n) is 11.2. The van der Waals surface area contributed by atoms with E-state index in [1.165, 1.54) is 0 Å². The van der Waals surface area contributed by atoms with Gasteiger partial charge in [0.2, 0.25) is 0 Å². The van der Waals surface area contributed by atoms with E-state index in [2.05, 4.69) is 5.16 Å². The average Bonchev–Trinajstić information content (AvgIpc) is 2.38. The molecule has 5 nitrogen and oxygen atoms in total. The van der Waals surface area contributed by atoms with Gasteiger partial charge < -0.3 is 9.94 Å². The molecule has 0 unspecified atom stereocenters. The predicted octanol–water partition coefficient (Wildman–Crippen LogP) is 2.09. The van der Waals surface area contributed by atoms with Crippen LogP contribution in [0, 0.1) is 0 Å². The molecule has 0 fully saturated rings. The normalized spacial score (nSPS) is 12.4. The van der Waals surface area contributed by atoms with Crippen molar-refractivity contribution in [1.29, 1.82) is 0 Å². The van der Waals surface area contributed by atoms with E-state index >= 15 is 0 Å². The quantitative estimate of drug-likeness (QED) is 0.473. The van der Waals surface area contributed by atoms with Crippen LogP contribution < -0.4 is 4.74 Å². The molecule has 1 N–H and O–H groups in total. The lowest BCUT2D eigenvalue weighted by molar-refractivity contribution is 0.317. The minimum Gasteiger partial charge on any atom is -0.492 e. The van der Waals surface area contributed by atoms with E-state index in [-0.39, 0.29) is 18.1 Å². The third kappa shape index (κ3) is 4.90. The maximum absolute atomic E-state index is 11.6. The molecule has 0 spiro atoms. The van der Waals surface area contributed by atoms with Gasteiger partial charge in [-0.25, -0.2) is 8.42 Å². The smallest absolute Gasteiger partial charge is 0.153 e. The highest BCUT2D eigenvalue weighted by atomic mass is 32.2. The minimum atomic E-state index is -3.05. The van der Waals surface area contributed by atoms with E-state index in [0.29, 0.717) is 23.4 Å². The van der Waals surface area contributed by atoms with Gasteiger partial charge in [0.25, 0.3) is 0 Å². The second kappa shape index (κ2) is 7.13. The summed E-state index contributed by atoms with van der Waals surface area (Å²) in [5.74, 6) is 0.684. The number of oxime groups is 1. The molecule has 19 heavy (non-hydrogen) atoms. The lowest BCUT2D eigenvalue weighted by atomic mass is 10.1. The predicted molar refractivity (Wildman–Crippen MR) is 74.9 cm³/mol. The van der Waals surface area contributed by atoms with E-state index in [1.807, 2.05) is 6.92 Å². The van der Waals surface area contributed by atoms with Crippen LogP contribution >= 0.6 is 0 Å². The molecule has 0 bridgehead atoms. The molecule has 6 heteroatoms. The first-order chi connectivity index (χ1) is 9.00. The van der Waals surface area contributed by atoms with E-state index < -0.39 is 9.84 Å². The van der Waals surface area contributed by atoms with E-state index in [0.717, 1.165) is 0 Å². The van der Waals surface area contributed by atoms with Crippen molar-refractivity contribution in [3.8, 4) is 5.75 Å². The first-order valence-corrected chi connectivity index (χ1v) is 7.93. The Morgan fingerprint density at radius 3 is 2.63 bits per heavy atom. The summed E-state index contributed by atoms with van der Waals surface area (Å²) < 4.78 is 28.6. The summed E-state index contributed by atoms with van der Waals surface area (Å²) in [5.41, 5.74) is 1.07. The van der Waals surface area contributed by atoms with Crippen LogP contribution in [0.4, 0.5) is 0 Å². The number of sulfone groups is 1. The fraction of sp³-hybridized carbons (Fsp3) is 0.462. The van der Waals surface area contributed by atoms with Crippen molar-refractivity contribution < 1.29 is 18.4 Å². The van der Waals surface area contributed by atoms with Crippen molar-refractivity contribution in [2.45, 2.75) is 20.3 Å². The maximum Gasteiger partial charge on any atom is 0.153 e. The van der Waals surface area contributed by atoms with Crippen LogP contribution in [-0.2, 0) is 9.84 Å². The van der Waals surface area contributed by atoms with Gasteiger partial charge in [0.15, 0.2) is 9.84 Å². The first-order valence-electron chi connectivity index (χ1n) is 6.11. The highest BCUT2D eigenvalue weighted by Crippen LogP contribution is 2.18.